The number of rotatable bonds is 19. The number of carbonyl (C=O) groups is 2. The molecule has 0 bridgehead atoms. The van der Waals surface area contributed by atoms with Crippen molar-refractivity contribution in [2.24, 2.45) is 0 Å². The summed E-state index contributed by atoms with van der Waals surface area (Å²) in [6.45, 7) is 5.94. The monoisotopic (exact) mass is 690 g/mol. The fourth-order valence-corrected chi connectivity index (χ4v) is 12.2. The third kappa shape index (κ3) is 14.4. The maximum Gasteiger partial charge on any atom is 0.331 e. The highest BCUT2D eigenvalue weighted by molar-refractivity contribution is 8.20. The van der Waals surface area contributed by atoms with Crippen molar-refractivity contribution >= 4 is 82.5 Å². The van der Waals surface area contributed by atoms with Gasteiger partial charge in [-0.15, -0.1) is 58.8 Å². The van der Waals surface area contributed by atoms with Crippen LogP contribution in [0.2, 0.25) is 0 Å². The lowest BCUT2D eigenvalue weighted by molar-refractivity contribution is -0.146. The molecule has 2 heterocycles. The third-order valence-electron chi connectivity index (χ3n) is 5.89. The highest BCUT2D eigenvalue weighted by Gasteiger charge is 2.31. The van der Waals surface area contributed by atoms with Gasteiger partial charge in [-0.2, -0.15) is 11.8 Å². The second-order valence-electron chi connectivity index (χ2n) is 9.53. The Morgan fingerprint density at radius 1 is 0.929 bits per heavy atom. The summed E-state index contributed by atoms with van der Waals surface area (Å²) in [6.07, 6.45) is 8.05. The van der Waals surface area contributed by atoms with Crippen LogP contribution in [0.25, 0.3) is 0 Å². The first-order chi connectivity index (χ1) is 20.4. The molecular weight excluding hydrogens is 649 g/mol. The van der Waals surface area contributed by atoms with Gasteiger partial charge in [-0.3, -0.25) is 0 Å². The first kappa shape index (κ1) is 35.8. The average molecular weight is 691 g/mol. The lowest BCUT2D eigenvalue weighted by Gasteiger charge is -2.29. The number of carbonyl (C=O) groups excluding carboxylic acids is 2. The smallest absolute Gasteiger partial charge is 0.331 e. The molecule has 2 atom stereocenters. The molecule has 234 valence electrons. The van der Waals surface area contributed by atoms with Gasteiger partial charge in [0.1, 0.15) is 30.8 Å². The van der Waals surface area contributed by atoms with E-state index in [4.69, 9.17) is 18.9 Å². The van der Waals surface area contributed by atoms with Crippen LogP contribution < -0.4 is 9.47 Å². The van der Waals surface area contributed by atoms with Crippen LogP contribution in [0.3, 0.4) is 0 Å². The molecule has 0 saturated carbocycles. The molecule has 2 saturated heterocycles. The van der Waals surface area contributed by atoms with E-state index in [1.54, 1.807) is 49.5 Å². The molecule has 42 heavy (non-hydrogen) atoms. The Morgan fingerprint density at radius 2 is 1.52 bits per heavy atom. The standard InChI is InChI=1S/C30H42O6S6/c1-4-7-26(31)35-25(21-37-13-11-28-38-15-16-39-28)20-33-23-9-6-10-24(19-23)34-22-30(3,36-27(32)8-5-2)42-14-12-29-40-17-18-41-29/h4-10,19,25,28-29H,11-18,20-22H2,1-3H3. The van der Waals surface area contributed by atoms with Gasteiger partial charge in [0.15, 0.2) is 4.93 Å². The zero-order valence-corrected chi connectivity index (χ0v) is 29.4. The summed E-state index contributed by atoms with van der Waals surface area (Å²) in [5, 5.41) is 0. The SMILES string of the molecule is CC=CC(=O)OC(COc1cccc(OCC(C)(OC(=O)C=CC)SCCC2SCCS2)c1)CSCCC1SCCS1. The Hall–Kier alpha value is -0.660. The molecule has 0 radical (unpaired) electrons. The quantitative estimate of drug-likeness (QED) is 0.0621. The van der Waals surface area contributed by atoms with Crippen LogP contribution >= 0.6 is 70.6 Å². The fraction of sp³-hybridized carbons (Fsp3) is 0.600. The largest absolute Gasteiger partial charge is 0.490 e. The van der Waals surface area contributed by atoms with Crippen LogP contribution in [0.5, 0.6) is 11.5 Å². The molecule has 2 aliphatic heterocycles. The lowest BCUT2D eigenvalue weighted by Crippen LogP contribution is -2.35. The molecule has 0 spiro atoms. The van der Waals surface area contributed by atoms with Crippen LogP contribution in [-0.2, 0) is 19.1 Å². The maximum atomic E-state index is 12.3. The number of thioether (sulfide) groups is 6. The number of esters is 2. The van der Waals surface area contributed by atoms with E-state index < -0.39 is 4.93 Å². The Morgan fingerprint density at radius 3 is 2.17 bits per heavy atom. The summed E-state index contributed by atoms with van der Waals surface area (Å²) in [7, 11) is 0. The molecule has 1 aromatic carbocycles. The zero-order chi connectivity index (χ0) is 30.0. The molecule has 0 N–H and O–H groups in total. The second kappa shape index (κ2) is 20.4. The van der Waals surface area contributed by atoms with E-state index in [0.717, 1.165) is 24.3 Å². The van der Waals surface area contributed by atoms with Crippen LogP contribution in [0.15, 0.2) is 48.6 Å². The molecule has 0 amide bonds. The first-order valence-corrected chi connectivity index (χ1v) is 20.5. The van der Waals surface area contributed by atoms with Crippen molar-refractivity contribution in [3.63, 3.8) is 0 Å². The van der Waals surface area contributed by atoms with Gasteiger partial charge in [-0.25, -0.2) is 9.59 Å². The van der Waals surface area contributed by atoms with E-state index in [9.17, 15) is 9.59 Å². The van der Waals surface area contributed by atoms with Crippen LogP contribution in [0, 0.1) is 0 Å². The van der Waals surface area contributed by atoms with Crippen LogP contribution in [-0.4, -0.2) is 85.6 Å². The van der Waals surface area contributed by atoms with E-state index in [0.29, 0.717) is 26.4 Å². The minimum absolute atomic E-state index is 0.202. The number of allylic oxidation sites excluding steroid dienone is 2. The van der Waals surface area contributed by atoms with Gasteiger partial charge in [0, 0.05) is 47.0 Å². The van der Waals surface area contributed by atoms with Gasteiger partial charge in [0.2, 0.25) is 0 Å². The summed E-state index contributed by atoms with van der Waals surface area (Å²) in [5.41, 5.74) is 0. The number of hydrogen-bond donors (Lipinski definition) is 0. The molecular formula is C30H42O6S6. The van der Waals surface area contributed by atoms with E-state index in [-0.39, 0.29) is 31.3 Å². The van der Waals surface area contributed by atoms with E-state index >= 15 is 0 Å². The predicted molar refractivity (Wildman–Crippen MR) is 188 cm³/mol. The molecule has 3 rings (SSSR count). The van der Waals surface area contributed by atoms with Crippen molar-refractivity contribution in [1.82, 2.24) is 0 Å². The molecule has 12 heteroatoms. The van der Waals surface area contributed by atoms with Crippen molar-refractivity contribution in [3.05, 3.63) is 48.6 Å². The molecule has 2 aliphatic rings. The molecule has 0 aliphatic carbocycles. The highest BCUT2D eigenvalue weighted by Crippen LogP contribution is 2.38. The molecule has 0 aromatic heterocycles. The topological polar surface area (TPSA) is 71.1 Å². The summed E-state index contributed by atoms with van der Waals surface area (Å²) in [5.74, 6) is 7.95. The van der Waals surface area contributed by atoms with Crippen LogP contribution in [0.1, 0.15) is 33.6 Å². The van der Waals surface area contributed by atoms with Gasteiger partial charge in [-0.1, -0.05) is 18.2 Å². The highest BCUT2D eigenvalue weighted by atomic mass is 32.2. The Bertz CT molecular complexity index is 1010. The van der Waals surface area contributed by atoms with Crippen LogP contribution in [0.4, 0.5) is 0 Å². The summed E-state index contributed by atoms with van der Waals surface area (Å²) >= 11 is 11.5. The first-order valence-electron chi connectivity index (χ1n) is 14.1. The average Bonchev–Trinajstić information content (AvgIpc) is 3.68. The van der Waals surface area contributed by atoms with Gasteiger partial charge < -0.3 is 18.9 Å². The number of benzene rings is 1. The zero-order valence-electron chi connectivity index (χ0n) is 24.5. The Balaban J connectivity index is 1.53. The third-order valence-corrected chi connectivity index (χ3v) is 14.6. The number of hydrogen-bond acceptors (Lipinski definition) is 12. The van der Waals surface area contributed by atoms with Crippen molar-refractivity contribution in [2.45, 2.75) is 53.8 Å². The Labute approximate surface area is 276 Å². The van der Waals surface area contributed by atoms with E-state index in [1.165, 1.54) is 35.2 Å². The fourth-order valence-electron chi connectivity index (χ4n) is 3.91. The predicted octanol–water partition coefficient (Wildman–Crippen LogP) is 7.63. The van der Waals surface area contributed by atoms with E-state index in [2.05, 4.69) is 0 Å². The molecule has 1 aromatic rings. The van der Waals surface area contributed by atoms with Crippen molar-refractivity contribution < 1.29 is 28.5 Å². The van der Waals surface area contributed by atoms with Gasteiger partial charge in [0.05, 0.1) is 9.16 Å². The van der Waals surface area contributed by atoms with Gasteiger partial charge in [-0.05, 0) is 57.3 Å². The normalized spacial score (nSPS) is 18.4. The lowest BCUT2D eigenvalue weighted by atomic mass is 10.3. The van der Waals surface area contributed by atoms with Gasteiger partial charge in [0.25, 0.3) is 0 Å². The Kier molecular flexibility index (Phi) is 17.4. The summed E-state index contributed by atoms with van der Waals surface area (Å²) in [4.78, 5) is 23.6. The summed E-state index contributed by atoms with van der Waals surface area (Å²) in [6, 6.07) is 7.39. The molecule has 2 fully saturated rings. The molecule has 2 unspecified atom stereocenters. The van der Waals surface area contributed by atoms with Crippen molar-refractivity contribution in [1.29, 1.82) is 0 Å². The summed E-state index contributed by atoms with van der Waals surface area (Å²) < 4.78 is 25.0. The molecule has 6 nitrogen and oxygen atoms in total. The van der Waals surface area contributed by atoms with Gasteiger partial charge >= 0.3 is 11.9 Å². The van der Waals surface area contributed by atoms with E-state index in [1.807, 2.05) is 78.2 Å². The maximum absolute atomic E-state index is 12.3. The minimum Gasteiger partial charge on any atom is -0.490 e. The second-order valence-corrected chi connectivity index (χ2v) is 18.1. The number of ether oxygens (including phenoxy) is 4. The van der Waals surface area contributed by atoms with Crippen molar-refractivity contribution in [2.75, 3.05) is 53.5 Å². The minimum atomic E-state index is -0.833. The van der Waals surface area contributed by atoms with Crippen molar-refractivity contribution in [3.8, 4) is 11.5 Å².